The summed E-state index contributed by atoms with van der Waals surface area (Å²) in [7, 11) is 1.68. The van der Waals surface area contributed by atoms with E-state index < -0.39 is 6.17 Å². The number of pyridine rings is 1. The molecule has 8 nitrogen and oxygen atoms in total. The van der Waals surface area contributed by atoms with Crippen molar-refractivity contribution in [2.75, 3.05) is 26.7 Å². The summed E-state index contributed by atoms with van der Waals surface area (Å²) in [5.41, 5.74) is 1.61. The molecule has 2 aliphatic rings. The second-order valence-electron chi connectivity index (χ2n) is 7.06. The first-order valence-corrected chi connectivity index (χ1v) is 9.37. The number of hydrogen-bond donors (Lipinski definition) is 0. The van der Waals surface area contributed by atoms with Crippen LogP contribution in [0.3, 0.4) is 0 Å². The highest BCUT2D eigenvalue weighted by Gasteiger charge is 2.44. The van der Waals surface area contributed by atoms with Gasteiger partial charge in [0, 0.05) is 29.2 Å². The zero-order valence-electron chi connectivity index (χ0n) is 15.6. The third-order valence-corrected chi connectivity index (χ3v) is 5.83. The average Bonchev–Trinajstić information content (AvgIpc) is 2.68. The lowest BCUT2D eigenvalue weighted by Crippen LogP contribution is -2.71. The lowest BCUT2D eigenvalue weighted by molar-refractivity contribution is -0.190. The van der Waals surface area contributed by atoms with E-state index in [1.54, 1.807) is 29.2 Å². The first kappa shape index (κ1) is 18.6. The summed E-state index contributed by atoms with van der Waals surface area (Å²) >= 11 is 6.29. The fourth-order valence-corrected chi connectivity index (χ4v) is 4.20. The molecule has 0 N–H and O–H groups in total. The van der Waals surface area contributed by atoms with E-state index in [4.69, 9.17) is 11.6 Å². The molecule has 2 fully saturated rings. The molecule has 2 aromatic rings. The number of hydrazine groups is 1. The molecule has 3 heterocycles. The summed E-state index contributed by atoms with van der Waals surface area (Å²) in [6, 6.07) is 7.09. The fraction of sp³-hybridized carbons (Fsp3) is 0.368. The Morgan fingerprint density at radius 1 is 1.21 bits per heavy atom. The van der Waals surface area contributed by atoms with Crippen LogP contribution in [0.2, 0.25) is 5.02 Å². The maximum Gasteiger partial charge on any atom is 0.242 e. The molecule has 0 spiro atoms. The van der Waals surface area contributed by atoms with Crippen molar-refractivity contribution in [2.24, 2.45) is 0 Å². The molecular formula is C19H20ClN5O3. The predicted octanol–water partition coefficient (Wildman–Crippen LogP) is 1.26. The van der Waals surface area contributed by atoms with Crippen LogP contribution in [0.4, 0.5) is 0 Å². The van der Waals surface area contributed by atoms with E-state index in [0.717, 1.165) is 16.5 Å². The van der Waals surface area contributed by atoms with Gasteiger partial charge in [-0.05, 0) is 25.1 Å². The molecule has 2 saturated heterocycles. The smallest absolute Gasteiger partial charge is 0.242 e. The van der Waals surface area contributed by atoms with Gasteiger partial charge in [-0.15, -0.1) is 0 Å². The van der Waals surface area contributed by atoms with Gasteiger partial charge in [-0.2, -0.15) is 0 Å². The highest BCUT2D eigenvalue weighted by Crippen LogP contribution is 2.33. The minimum Gasteiger partial charge on any atom is -0.330 e. The van der Waals surface area contributed by atoms with Gasteiger partial charge < -0.3 is 9.80 Å². The Kier molecular flexibility index (Phi) is 4.68. The molecule has 0 aliphatic carbocycles. The maximum absolute atomic E-state index is 12.9. The number of carbonyl (C=O) groups is 3. The summed E-state index contributed by atoms with van der Waals surface area (Å²) in [5, 5.41) is 4.46. The summed E-state index contributed by atoms with van der Waals surface area (Å²) in [6.45, 7) is 2.17. The molecule has 4 rings (SSSR count). The van der Waals surface area contributed by atoms with Crippen LogP contribution in [0, 0.1) is 0 Å². The van der Waals surface area contributed by atoms with Gasteiger partial charge in [-0.1, -0.05) is 17.7 Å². The number of hydrogen-bond acceptors (Lipinski definition) is 5. The average molecular weight is 402 g/mol. The summed E-state index contributed by atoms with van der Waals surface area (Å²) in [5.74, 6) is -0.323. The van der Waals surface area contributed by atoms with Crippen LogP contribution < -0.4 is 0 Å². The van der Waals surface area contributed by atoms with E-state index in [0.29, 0.717) is 11.4 Å². The van der Waals surface area contributed by atoms with Crippen molar-refractivity contribution in [3.63, 3.8) is 0 Å². The summed E-state index contributed by atoms with van der Waals surface area (Å²) < 4.78 is 0. The van der Waals surface area contributed by atoms with Gasteiger partial charge in [0.1, 0.15) is 12.7 Å². The number of fused-ring (bicyclic) bond motifs is 2. The van der Waals surface area contributed by atoms with E-state index in [1.165, 1.54) is 9.91 Å². The van der Waals surface area contributed by atoms with Crippen LogP contribution in [-0.2, 0) is 14.4 Å². The van der Waals surface area contributed by atoms with Crippen molar-refractivity contribution >= 4 is 40.7 Å². The van der Waals surface area contributed by atoms with Gasteiger partial charge >= 0.3 is 0 Å². The SMILES string of the molecule is C[C@H](c1ccc(Cl)c2cccnc12)N1CC2N(CC1=O)C(=O)CN(C)N2C=O. The first-order chi connectivity index (χ1) is 13.4. The number of rotatable bonds is 3. The van der Waals surface area contributed by atoms with Gasteiger partial charge in [0.05, 0.1) is 24.6 Å². The quantitative estimate of drug-likeness (QED) is 0.724. The number of carbonyl (C=O) groups excluding carboxylic acids is 3. The Hall–Kier alpha value is -2.71. The number of aromatic nitrogens is 1. The van der Waals surface area contributed by atoms with Gasteiger partial charge in [-0.25, -0.2) is 5.01 Å². The molecule has 2 atom stereocenters. The molecule has 1 aromatic carbocycles. The lowest BCUT2D eigenvalue weighted by Gasteiger charge is -2.51. The number of piperazine rings is 1. The van der Waals surface area contributed by atoms with Crippen molar-refractivity contribution in [3.8, 4) is 0 Å². The normalized spacial score (nSPS) is 21.8. The molecule has 2 aliphatic heterocycles. The lowest BCUT2D eigenvalue weighted by atomic mass is 10.0. The van der Waals surface area contributed by atoms with E-state index in [1.807, 2.05) is 25.1 Å². The molecular weight excluding hydrogens is 382 g/mol. The second-order valence-corrected chi connectivity index (χ2v) is 7.47. The molecule has 1 unspecified atom stereocenters. The number of nitrogens with zero attached hydrogens (tertiary/aromatic N) is 5. The molecule has 0 radical (unpaired) electrons. The predicted molar refractivity (Wildman–Crippen MR) is 103 cm³/mol. The van der Waals surface area contributed by atoms with Crippen LogP contribution in [0.15, 0.2) is 30.5 Å². The molecule has 0 saturated carbocycles. The highest BCUT2D eigenvalue weighted by atomic mass is 35.5. The van der Waals surface area contributed by atoms with E-state index >= 15 is 0 Å². The molecule has 9 heteroatoms. The summed E-state index contributed by atoms with van der Waals surface area (Å²) in [6.07, 6.45) is 1.87. The maximum atomic E-state index is 12.9. The fourth-order valence-electron chi connectivity index (χ4n) is 3.98. The Morgan fingerprint density at radius 2 is 2.00 bits per heavy atom. The van der Waals surface area contributed by atoms with Gasteiger partial charge in [0.25, 0.3) is 0 Å². The molecule has 1 aromatic heterocycles. The van der Waals surface area contributed by atoms with Crippen molar-refractivity contribution in [3.05, 3.63) is 41.0 Å². The third-order valence-electron chi connectivity index (χ3n) is 5.50. The standard InChI is InChI=1S/C19H20ClN5O3/c1-12(13-5-6-15(20)14-4-3-7-21-19(13)14)23-8-16-24(10-18(23)28)17(27)9-22(2)25(16)11-26/h3-7,11-12,16H,8-10H2,1-2H3/t12-,16?/m1/s1. The molecule has 3 amide bonds. The van der Waals surface area contributed by atoms with Gasteiger partial charge in [0.15, 0.2) is 0 Å². The largest absolute Gasteiger partial charge is 0.330 e. The Bertz CT molecular complexity index is 968. The van der Waals surface area contributed by atoms with Crippen molar-refractivity contribution in [1.82, 2.24) is 24.8 Å². The Labute approximate surface area is 167 Å². The number of benzene rings is 1. The monoisotopic (exact) mass is 401 g/mol. The van der Waals surface area contributed by atoms with Gasteiger partial charge in [-0.3, -0.25) is 24.4 Å². The molecule has 0 bridgehead atoms. The number of halogens is 1. The molecule has 28 heavy (non-hydrogen) atoms. The second kappa shape index (κ2) is 7.03. The van der Waals surface area contributed by atoms with Crippen LogP contribution in [-0.4, -0.2) is 75.9 Å². The van der Waals surface area contributed by atoms with Crippen LogP contribution in [0.25, 0.3) is 10.9 Å². The van der Waals surface area contributed by atoms with E-state index in [-0.39, 0.29) is 37.5 Å². The zero-order valence-corrected chi connectivity index (χ0v) is 16.3. The van der Waals surface area contributed by atoms with Crippen molar-refractivity contribution < 1.29 is 14.4 Å². The number of likely N-dealkylation sites (N-methyl/N-ethyl adjacent to an activating group) is 1. The van der Waals surface area contributed by atoms with E-state index in [2.05, 4.69) is 4.98 Å². The number of amides is 3. The van der Waals surface area contributed by atoms with Crippen LogP contribution in [0.5, 0.6) is 0 Å². The van der Waals surface area contributed by atoms with Crippen molar-refractivity contribution in [1.29, 1.82) is 0 Å². The minimum atomic E-state index is -0.518. The Balaban J connectivity index is 1.70. The van der Waals surface area contributed by atoms with Crippen molar-refractivity contribution in [2.45, 2.75) is 19.1 Å². The highest BCUT2D eigenvalue weighted by molar-refractivity contribution is 6.35. The van der Waals surface area contributed by atoms with Crippen LogP contribution >= 0.6 is 11.6 Å². The topological polar surface area (TPSA) is 77.1 Å². The van der Waals surface area contributed by atoms with Crippen LogP contribution in [0.1, 0.15) is 18.5 Å². The first-order valence-electron chi connectivity index (χ1n) is 8.99. The third kappa shape index (κ3) is 2.89. The summed E-state index contributed by atoms with van der Waals surface area (Å²) in [4.78, 5) is 44.4. The van der Waals surface area contributed by atoms with E-state index in [9.17, 15) is 14.4 Å². The van der Waals surface area contributed by atoms with Gasteiger partial charge in [0.2, 0.25) is 18.2 Å². The zero-order chi connectivity index (χ0) is 20.0. The minimum absolute atomic E-state index is 0.0506. The Morgan fingerprint density at radius 3 is 2.75 bits per heavy atom. The molecule has 146 valence electrons.